The molecule has 2 aromatic rings. The van der Waals surface area contributed by atoms with Crippen LogP contribution >= 0.6 is 0 Å². The van der Waals surface area contributed by atoms with E-state index in [1.807, 2.05) is 6.92 Å². The maximum Gasteiger partial charge on any atom is 0.243 e. The van der Waals surface area contributed by atoms with Crippen LogP contribution in [-0.4, -0.2) is 67.7 Å². The summed E-state index contributed by atoms with van der Waals surface area (Å²) in [5, 5.41) is 7.82. The number of hydrogen-bond acceptors (Lipinski definition) is 7. The first-order valence-corrected chi connectivity index (χ1v) is 10.4. The molecule has 2 heterocycles. The van der Waals surface area contributed by atoms with Crippen molar-refractivity contribution >= 4 is 10.0 Å². The SMILES string of the molecule is COc1cc(C)c(S(=O)(=O)N2CCN(CCc3nnc(C)o3)CC2)cc1C. The summed E-state index contributed by atoms with van der Waals surface area (Å²) >= 11 is 0. The number of aromatic nitrogens is 2. The van der Waals surface area contributed by atoms with Gasteiger partial charge < -0.3 is 14.1 Å². The van der Waals surface area contributed by atoms with Crippen LogP contribution < -0.4 is 4.74 Å². The Kier molecular flexibility index (Phi) is 5.83. The van der Waals surface area contributed by atoms with Crippen molar-refractivity contribution in [2.75, 3.05) is 39.8 Å². The van der Waals surface area contributed by atoms with Gasteiger partial charge in [0.15, 0.2) is 0 Å². The monoisotopic (exact) mass is 394 g/mol. The first-order chi connectivity index (χ1) is 12.8. The Morgan fingerprint density at radius 1 is 1.07 bits per heavy atom. The van der Waals surface area contributed by atoms with Gasteiger partial charge in [0.2, 0.25) is 21.8 Å². The molecule has 1 aliphatic heterocycles. The fourth-order valence-electron chi connectivity index (χ4n) is 3.29. The van der Waals surface area contributed by atoms with Gasteiger partial charge in [0, 0.05) is 46.1 Å². The molecule has 1 saturated heterocycles. The molecule has 1 aliphatic rings. The third-order valence-electron chi connectivity index (χ3n) is 4.85. The highest BCUT2D eigenvalue weighted by Gasteiger charge is 2.30. The van der Waals surface area contributed by atoms with E-state index >= 15 is 0 Å². The minimum absolute atomic E-state index is 0.357. The fourth-order valence-corrected chi connectivity index (χ4v) is 5.00. The van der Waals surface area contributed by atoms with Crippen LogP contribution in [0.25, 0.3) is 0 Å². The van der Waals surface area contributed by atoms with Gasteiger partial charge in [0.25, 0.3) is 0 Å². The second-order valence-corrected chi connectivity index (χ2v) is 8.70. The second kappa shape index (κ2) is 7.95. The minimum Gasteiger partial charge on any atom is -0.496 e. The molecule has 1 aromatic carbocycles. The highest BCUT2D eigenvalue weighted by Crippen LogP contribution is 2.28. The summed E-state index contributed by atoms with van der Waals surface area (Å²) in [6.45, 7) is 8.50. The topological polar surface area (TPSA) is 88.8 Å². The van der Waals surface area contributed by atoms with Gasteiger partial charge in [-0.3, -0.25) is 0 Å². The molecule has 9 heteroatoms. The van der Waals surface area contributed by atoms with Crippen LogP contribution in [-0.2, 0) is 16.4 Å². The summed E-state index contributed by atoms with van der Waals surface area (Å²) in [5.74, 6) is 1.88. The van der Waals surface area contributed by atoms with E-state index in [2.05, 4.69) is 15.1 Å². The van der Waals surface area contributed by atoms with Crippen molar-refractivity contribution in [2.45, 2.75) is 32.1 Å². The van der Waals surface area contributed by atoms with E-state index in [1.165, 1.54) is 0 Å². The maximum absolute atomic E-state index is 13.1. The standard InChI is InChI=1S/C18H26N4O4S/c1-13-12-17(14(2)11-16(13)25-4)27(23,24)22-9-7-21(8-10-22)6-5-18-20-19-15(3)26-18/h11-12H,5-10H2,1-4H3. The average molecular weight is 394 g/mol. The van der Waals surface area contributed by atoms with Gasteiger partial charge in [0.1, 0.15) is 5.75 Å². The number of ether oxygens (including phenoxy) is 1. The molecule has 0 N–H and O–H groups in total. The number of piperazine rings is 1. The molecule has 8 nitrogen and oxygen atoms in total. The van der Waals surface area contributed by atoms with E-state index < -0.39 is 10.0 Å². The smallest absolute Gasteiger partial charge is 0.243 e. The highest BCUT2D eigenvalue weighted by atomic mass is 32.2. The van der Waals surface area contributed by atoms with Crippen LogP contribution in [0.1, 0.15) is 22.9 Å². The zero-order valence-corrected chi connectivity index (χ0v) is 17.0. The van der Waals surface area contributed by atoms with E-state index in [9.17, 15) is 8.42 Å². The predicted octanol–water partition coefficient (Wildman–Crippen LogP) is 1.55. The van der Waals surface area contributed by atoms with Crippen LogP contribution in [0.5, 0.6) is 5.75 Å². The van der Waals surface area contributed by atoms with Gasteiger partial charge in [-0.1, -0.05) is 0 Å². The number of methoxy groups -OCH3 is 1. The second-order valence-electron chi connectivity index (χ2n) is 6.80. The summed E-state index contributed by atoms with van der Waals surface area (Å²) in [5.41, 5.74) is 1.52. The summed E-state index contributed by atoms with van der Waals surface area (Å²) in [6, 6.07) is 3.48. The quantitative estimate of drug-likeness (QED) is 0.734. The van der Waals surface area contributed by atoms with Gasteiger partial charge in [-0.25, -0.2) is 8.42 Å². The van der Waals surface area contributed by atoms with Crippen LogP contribution in [0.3, 0.4) is 0 Å². The van der Waals surface area contributed by atoms with Crippen molar-refractivity contribution in [3.8, 4) is 5.75 Å². The Morgan fingerprint density at radius 3 is 2.37 bits per heavy atom. The third-order valence-corrected chi connectivity index (χ3v) is 6.89. The Bertz CT molecular complexity index is 902. The molecule has 27 heavy (non-hydrogen) atoms. The Labute approximate surface area is 160 Å². The molecule has 0 unspecified atom stereocenters. The van der Waals surface area contributed by atoms with Crippen molar-refractivity contribution in [1.82, 2.24) is 19.4 Å². The molecular weight excluding hydrogens is 368 g/mol. The number of sulfonamides is 1. The van der Waals surface area contributed by atoms with Crippen LogP contribution in [0.2, 0.25) is 0 Å². The van der Waals surface area contributed by atoms with Crippen molar-refractivity contribution in [1.29, 1.82) is 0 Å². The van der Waals surface area contributed by atoms with E-state index in [1.54, 1.807) is 37.4 Å². The molecule has 1 aromatic heterocycles. The molecule has 0 atom stereocenters. The van der Waals surface area contributed by atoms with Crippen LogP contribution in [0.15, 0.2) is 21.4 Å². The van der Waals surface area contributed by atoms with Gasteiger partial charge in [-0.05, 0) is 37.1 Å². The molecular formula is C18H26N4O4S. The largest absolute Gasteiger partial charge is 0.496 e. The van der Waals surface area contributed by atoms with Crippen molar-refractivity contribution in [3.63, 3.8) is 0 Å². The first kappa shape index (κ1) is 19.8. The average Bonchev–Trinajstić information content (AvgIpc) is 3.07. The number of benzene rings is 1. The summed E-state index contributed by atoms with van der Waals surface area (Å²) in [6.07, 6.45) is 0.671. The molecule has 148 valence electrons. The third kappa shape index (κ3) is 4.31. The molecule has 3 rings (SSSR count). The zero-order chi connectivity index (χ0) is 19.6. The summed E-state index contributed by atoms with van der Waals surface area (Å²) in [4.78, 5) is 2.58. The number of hydrogen-bond donors (Lipinski definition) is 0. The molecule has 0 bridgehead atoms. The van der Waals surface area contributed by atoms with E-state index in [4.69, 9.17) is 9.15 Å². The Hall–Kier alpha value is -1.97. The normalized spacial score (nSPS) is 16.6. The lowest BCUT2D eigenvalue weighted by atomic mass is 10.1. The van der Waals surface area contributed by atoms with Crippen molar-refractivity contribution < 1.29 is 17.6 Å². The van der Waals surface area contributed by atoms with Crippen LogP contribution in [0, 0.1) is 20.8 Å². The van der Waals surface area contributed by atoms with E-state index in [-0.39, 0.29) is 0 Å². The molecule has 0 aliphatic carbocycles. The fraction of sp³-hybridized carbons (Fsp3) is 0.556. The summed E-state index contributed by atoms with van der Waals surface area (Å²) < 4.78 is 38.4. The number of rotatable bonds is 6. The lowest BCUT2D eigenvalue weighted by molar-refractivity contribution is 0.186. The summed E-state index contributed by atoms with van der Waals surface area (Å²) in [7, 11) is -1.93. The predicted molar refractivity (Wildman–Crippen MR) is 100 cm³/mol. The van der Waals surface area contributed by atoms with Crippen LogP contribution in [0.4, 0.5) is 0 Å². The molecule has 0 amide bonds. The first-order valence-electron chi connectivity index (χ1n) is 8.98. The number of aryl methyl sites for hydroxylation is 3. The molecule has 1 fully saturated rings. The van der Waals surface area contributed by atoms with Gasteiger partial charge >= 0.3 is 0 Å². The highest BCUT2D eigenvalue weighted by molar-refractivity contribution is 7.89. The van der Waals surface area contributed by atoms with Gasteiger partial charge in [-0.15, -0.1) is 10.2 Å². The zero-order valence-electron chi connectivity index (χ0n) is 16.2. The molecule has 0 radical (unpaired) electrons. The Balaban J connectivity index is 1.63. The minimum atomic E-state index is -3.52. The molecule has 0 saturated carbocycles. The van der Waals surface area contributed by atoms with Crippen molar-refractivity contribution in [3.05, 3.63) is 35.0 Å². The Morgan fingerprint density at radius 2 is 1.78 bits per heavy atom. The van der Waals surface area contributed by atoms with E-state index in [0.717, 1.165) is 12.1 Å². The lowest BCUT2D eigenvalue weighted by Crippen LogP contribution is -2.49. The number of nitrogens with zero attached hydrogens (tertiary/aromatic N) is 4. The van der Waals surface area contributed by atoms with E-state index in [0.29, 0.717) is 60.6 Å². The molecule has 0 spiro atoms. The maximum atomic E-state index is 13.1. The van der Waals surface area contributed by atoms with Crippen molar-refractivity contribution in [2.24, 2.45) is 0 Å². The van der Waals surface area contributed by atoms with Gasteiger partial charge in [-0.2, -0.15) is 4.31 Å². The lowest BCUT2D eigenvalue weighted by Gasteiger charge is -2.34. The van der Waals surface area contributed by atoms with Gasteiger partial charge in [0.05, 0.1) is 12.0 Å².